The van der Waals surface area contributed by atoms with Crippen LogP contribution >= 0.6 is 0 Å². The Morgan fingerprint density at radius 1 is 0.932 bits per heavy atom. The van der Waals surface area contributed by atoms with E-state index < -0.39 is 112 Å². The fourth-order valence-electron chi connectivity index (χ4n) is 9.76. The van der Waals surface area contributed by atoms with Crippen molar-refractivity contribution in [2.24, 2.45) is 16.7 Å². The number of alkyl carbamates (subject to hydrolysis) is 1. The van der Waals surface area contributed by atoms with Crippen molar-refractivity contribution in [3.05, 3.63) is 82.9 Å². The van der Waals surface area contributed by atoms with E-state index in [-0.39, 0.29) is 29.7 Å². The van der Waals surface area contributed by atoms with E-state index >= 15 is 0 Å². The lowest BCUT2D eigenvalue weighted by molar-refractivity contribution is -0.346. The van der Waals surface area contributed by atoms with Crippen LogP contribution in [0.15, 0.2) is 71.8 Å². The van der Waals surface area contributed by atoms with Crippen LogP contribution in [0.3, 0.4) is 0 Å². The first-order valence-electron chi connectivity index (χ1n) is 19.7. The number of hydrogen-bond acceptors (Lipinski definition) is 14. The van der Waals surface area contributed by atoms with Gasteiger partial charge in [0, 0.05) is 25.2 Å². The lowest BCUT2D eigenvalue weighted by Crippen LogP contribution is -2.81. The lowest BCUT2D eigenvalue weighted by Gasteiger charge is -2.67. The van der Waals surface area contributed by atoms with E-state index in [2.05, 4.69) is 5.32 Å². The molecule has 2 aromatic rings. The van der Waals surface area contributed by atoms with Crippen molar-refractivity contribution in [1.82, 2.24) is 5.32 Å². The molecule has 0 unspecified atom stereocenters. The van der Waals surface area contributed by atoms with Crippen molar-refractivity contribution in [1.29, 1.82) is 0 Å². The van der Waals surface area contributed by atoms with E-state index in [1.807, 2.05) is 0 Å². The molecule has 2 aromatic carbocycles. The summed E-state index contributed by atoms with van der Waals surface area (Å²) in [6.07, 6.45) is -9.51. The summed E-state index contributed by atoms with van der Waals surface area (Å²) in [6, 6.07) is 14.6. The Balaban J connectivity index is 1.51. The molecular formula is C44H55NO14. The second-order valence-electron chi connectivity index (χ2n) is 18.2. The molecule has 11 atom stereocenters. The Kier molecular flexibility index (Phi) is 11.2. The molecule has 3 fully saturated rings. The molecule has 15 nitrogen and oxygen atoms in total. The minimum atomic E-state index is -2.50. The van der Waals surface area contributed by atoms with Crippen LogP contribution in [0.5, 0.6) is 0 Å². The monoisotopic (exact) mass is 821 g/mol. The Morgan fingerprint density at radius 2 is 1.53 bits per heavy atom. The number of nitrogens with one attached hydrogen (secondary N) is 1. The number of esters is 3. The van der Waals surface area contributed by atoms with E-state index in [4.69, 9.17) is 23.7 Å². The number of carbonyl (C=O) groups is 5. The number of Topliss-reactive ketones (excluding diaryl/α,β-unsaturated/α-hetero) is 1. The lowest BCUT2D eigenvalue weighted by atomic mass is 9.44. The molecule has 320 valence electrons. The van der Waals surface area contributed by atoms with Crippen LogP contribution in [-0.2, 0) is 38.1 Å². The van der Waals surface area contributed by atoms with Crippen molar-refractivity contribution in [2.45, 2.75) is 134 Å². The summed E-state index contributed by atoms with van der Waals surface area (Å²) in [5, 5.41) is 52.2. The Bertz CT molecular complexity index is 2020. The molecule has 3 aliphatic carbocycles. The molecular weight excluding hydrogens is 766 g/mol. The molecule has 1 heterocycles. The first-order valence-corrected chi connectivity index (χ1v) is 19.7. The average Bonchev–Trinajstić information content (AvgIpc) is 3.15. The van der Waals surface area contributed by atoms with Crippen LogP contribution in [0.1, 0.15) is 97.1 Å². The second kappa shape index (κ2) is 15.1. The topological polar surface area (TPSA) is 224 Å². The highest BCUT2D eigenvalue weighted by atomic mass is 16.6. The van der Waals surface area contributed by atoms with E-state index in [1.165, 1.54) is 26.0 Å². The quantitative estimate of drug-likeness (QED) is 0.146. The summed E-state index contributed by atoms with van der Waals surface area (Å²) < 4.78 is 29.7. The van der Waals surface area contributed by atoms with Gasteiger partial charge in [-0.15, -0.1) is 0 Å². The molecule has 59 heavy (non-hydrogen) atoms. The van der Waals surface area contributed by atoms with Crippen LogP contribution in [0.25, 0.3) is 0 Å². The highest BCUT2D eigenvalue weighted by Crippen LogP contribution is 2.64. The van der Waals surface area contributed by atoms with Crippen molar-refractivity contribution in [3.63, 3.8) is 0 Å². The third-order valence-corrected chi connectivity index (χ3v) is 12.9. The molecule has 0 aromatic heterocycles. The minimum Gasteiger partial charge on any atom is -0.456 e. The van der Waals surface area contributed by atoms with E-state index in [9.17, 15) is 44.4 Å². The van der Waals surface area contributed by atoms with Gasteiger partial charge in [0.05, 0.1) is 35.6 Å². The molecule has 2 saturated carbocycles. The number of aliphatic hydroxyl groups excluding tert-OH is 2. The predicted molar refractivity (Wildman–Crippen MR) is 208 cm³/mol. The van der Waals surface area contributed by atoms with Crippen LogP contribution in [0, 0.1) is 16.7 Å². The van der Waals surface area contributed by atoms with Crippen molar-refractivity contribution < 1.29 is 68.1 Å². The molecule has 15 heteroatoms. The van der Waals surface area contributed by atoms with Gasteiger partial charge < -0.3 is 49.4 Å². The molecule has 0 radical (unpaired) electrons. The Labute approximate surface area is 343 Å². The van der Waals surface area contributed by atoms with E-state index in [0.717, 1.165) is 13.8 Å². The molecule has 5 N–H and O–H groups in total. The van der Waals surface area contributed by atoms with Gasteiger partial charge in [0.2, 0.25) is 0 Å². The minimum absolute atomic E-state index is 0.0682. The number of benzene rings is 2. The van der Waals surface area contributed by atoms with E-state index in [0.29, 0.717) is 5.56 Å². The number of rotatable bonds is 8. The second-order valence-corrected chi connectivity index (χ2v) is 18.2. The zero-order valence-electron chi connectivity index (χ0n) is 34.8. The zero-order valence-corrected chi connectivity index (χ0v) is 34.8. The molecule has 2 bridgehead atoms. The van der Waals surface area contributed by atoms with Gasteiger partial charge in [0.1, 0.15) is 35.6 Å². The Morgan fingerprint density at radius 3 is 2.07 bits per heavy atom. The maximum absolute atomic E-state index is 15.0. The molecule has 1 saturated heterocycles. The van der Waals surface area contributed by atoms with Crippen LogP contribution in [0.4, 0.5) is 4.79 Å². The molecule has 6 rings (SSSR count). The summed E-state index contributed by atoms with van der Waals surface area (Å²) >= 11 is 0. The highest BCUT2D eigenvalue weighted by molar-refractivity contribution is 5.94. The largest absolute Gasteiger partial charge is 0.456 e. The molecule has 1 amide bonds. The SMILES string of the molecule is CC(=O)O[C@@]12CO[C@@H]1C[C@H](O)[C@@]1(C)C(=O)[C@H](O)C3=C(C)[C@@H](OC(=O)[C@](C)(O)[C@@H](NC(=O)OC(C)(C)C)c4ccccc4)C[C@@](O)([C@@H](OC(=O)c4ccccc4)[C@H]21)C3(C)C. The summed E-state index contributed by atoms with van der Waals surface area (Å²) in [4.78, 5) is 69.5. The Hall–Kier alpha value is -4.67. The number of hydrogen-bond donors (Lipinski definition) is 5. The third-order valence-electron chi connectivity index (χ3n) is 12.9. The summed E-state index contributed by atoms with van der Waals surface area (Å²) in [5.74, 6) is -5.39. The van der Waals surface area contributed by atoms with Gasteiger partial charge in [-0.05, 0) is 70.4 Å². The average molecular weight is 822 g/mol. The normalized spacial score (nSPS) is 33.9. The zero-order chi connectivity index (χ0) is 43.7. The number of ketones is 1. The fourth-order valence-corrected chi connectivity index (χ4v) is 9.76. The van der Waals surface area contributed by atoms with Gasteiger partial charge >= 0.3 is 24.0 Å². The number of amides is 1. The first-order chi connectivity index (χ1) is 27.3. The fraction of sp³-hybridized carbons (Fsp3) is 0.568. The molecule has 0 spiro atoms. The smallest absolute Gasteiger partial charge is 0.408 e. The van der Waals surface area contributed by atoms with Crippen molar-refractivity contribution >= 4 is 29.8 Å². The van der Waals surface area contributed by atoms with Gasteiger partial charge in [-0.25, -0.2) is 14.4 Å². The van der Waals surface area contributed by atoms with E-state index in [1.54, 1.807) is 83.1 Å². The van der Waals surface area contributed by atoms with Gasteiger partial charge in [-0.2, -0.15) is 0 Å². The molecule has 4 aliphatic rings. The third kappa shape index (κ3) is 7.24. The maximum atomic E-state index is 15.0. The predicted octanol–water partition coefficient (Wildman–Crippen LogP) is 3.65. The van der Waals surface area contributed by atoms with Crippen molar-refractivity contribution in [3.8, 4) is 0 Å². The van der Waals surface area contributed by atoms with Crippen LogP contribution in [0.2, 0.25) is 0 Å². The van der Waals surface area contributed by atoms with Gasteiger partial charge in [-0.3, -0.25) is 9.59 Å². The van der Waals surface area contributed by atoms with Gasteiger partial charge in [0.25, 0.3) is 0 Å². The number of carbonyl (C=O) groups excluding carboxylic acids is 5. The van der Waals surface area contributed by atoms with Gasteiger partial charge in [0.15, 0.2) is 17.0 Å². The summed E-state index contributed by atoms with van der Waals surface area (Å²) in [5.41, 5.74) is -10.7. The summed E-state index contributed by atoms with van der Waals surface area (Å²) in [6.45, 7) is 12.9. The van der Waals surface area contributed by atoms with Gasteiger partial charge in [-0.1, -0.05) is 62.4 Å². The molecule has 1 aliphatic heterocycles. The summed E-state index contributed by atoms with van der Waals surface area (Å²) in [7, 11) is 0. The van der Waals surface area contributed by atoms with Crippen LogP contribution < -0.4 is 5.32 Å². The number of aliphatic hydroxyl groups is 4. The van der Waals surface area contributed by atoms with Crippen molar-refractivity contribution in [2.75, 3.05) is 6.61 Å². The van der Waals surface area contributed by atoms with Crippen LogP contribution in [-0.4, -0.2) is 110 Å². The number of ether oxygens (including phenoxy) is 5. The first kappa shape index (κ1) is 43.9. The maximum Gasteiger partial charge on any atom is 0.408 e. The highest BCUT2D eigenvalue weighted by Gasteiger charge is 2.78. The number of fused-ring (bicyclic) bond motifs is 5. The standard InChI is InChI=1S/C44H55NO14/c1-23-27(56-37(51)42(9,53)33(25-16-12-10-13-17-25)45-38(52)59-39(3,4)5)21-44(54)35(57-36(50)26-18-14-11-15-19-26)32-41(8,34(49)31(48)30(23)40(44,6)7)28(47)20-29-43(32,22-55-29)58-24(2)46/h10-19,27-29,31-33,35,47-48,53-54H,20-22H2,1-9H3,(H,45,52)/t27-,28-,29+,31+,32-,33-,35-,41+,42+,43-,44+/m0/s1.